The monoisotopic (exact) mass is 309 g/mol. The minimum atomic E-state index is -0.951. The number of carbonyl (C=O) groups excluding carboxylic acids is 3. The summed E-state index contributed by atoms with van der Waals surface area (Å²) in [6.45, 7) is 2.04. The van der Waals surface area contributed by atoms with Gasteiger partial charge in [-0.3, -0.25) is 9.59 Å². The van der Waals surface area contributed by atoms with Crippen molar-refractivity contribution >= 4 is 23.5 Å². The molecule has 0 saturated heterocycles. The van der Waals surface area contributed by atoms with Gasteiger partial charge in [-0.05, 0) is 19.8 Å². The zero-order chi connectivity index (χ0) is 16.2. The number of esters is 1. The minimum absolute atomic E-state index is 0.116. The molecule has 2 rings (SSSR count). The number of nitrogens with zero attached hydrogens (tertiary/aromatic N) is 2. The molecular formula is C15H23N3O4. The third-order valence-electron chi connectivity index (χ3n) is 4.20. The van der Waals surface area contributed by atoms with Gasteiger partial charge in [-0.25, -0.2) is 9.80 Å². The third kappa shape index (κ3) is 3.45. The fourth-order valence-corrected chi connectivity index (χ4v) is 2.93. The van der Waals surface area contributed by atoms with Crippen molar-refractivity contribution in [2.45, 2.75) is 57.4 Å². The molecule has 2 amide bonds. The Morgan fingerprint density at radius 3 is 2.55 bits per heavy atom. The molecule has 0 unspecified atom stereocenters. The second-order valence-electron chi connectivity index (χ2n) is 5.78. The van der Waals surface area contributed by atoms with Crippen LogP contribution in [0.3, 0.4) is 0 Å². The van der Waals surface area contributed by atoms with E-state index in [2.05, 4.69) is 10.4 Å². The van der Waals surface area contributed by atoms with Crippen molar-refractivity contribution < 1.29 is 19.1 Å². The van der Waals surface area contributed by atoms with Gasteiger partial charge in [-0.15, -0.1) is 0 Å². The lowest BCUT2D eigenvalue weighted by atomic mass is 9.81. The van der Waals surface area contributed by atoms with E-state index < -0.39 is 5.54 Å². The molecule has 7 nitrogen and oxygen atoms in total. The van der Waals surface area contributed by atoms with Gasteiger partial charge in [0.1, 0.15) is 11.3 Å². The summed E-state index contributed by atoms with van der Waals surface area (Å²) in [7, 11) is 1.52. The summed E-state index contributed by atoms with van der Waals surface area (Å²) in [5, 5.41) is 8.02. The predicted octanol–water partition coefficient (Wildman–Crippen LogP) is 0.977. The normalized spacial score (nSPS) is 21.1. The molecule has 0 radical (unpaired) electrons. The largest absolute Gasteiger partial charge is 0.464 e. The van der Waals surface area contributed by atoms with Crippen LogP contribution in [-0.2, 0) is 19.1 Å². The average molecular weight is 309 g/mol. The van der Waals surface area contributed by atoms with Crippen LogP contribution in [0.5, 0.6) is 0 Å². The molecular weight excluding hydrogens is 286 g/mol. The van der Waals surface area contributed by atoms with Crippen LogP contribution < -0.4 is 5.32 Å². The van der Waals surface area contributed by atoms with Crippen LogP contribution in [0.2, 0.25) is 0 Å². The van der Waals surface area contributed by atoms with Gasteiger partial charge in [-0.1, -0.05) is 19.3 Å². The van der Waals surface area contributed by atoms with E-state index in [0.717, 1.165) is 19.3 Å². The van der Waals surface area contributed by atoms with E-state index in [9.17, 15) is 14.4 Å². The van der Waals surface area contributed by atoms with Crippen LogP contribution >= 0.6 is 0 Å². The van der Waals surface area contributed by atoms with Gasteiger partial charge in [0, 0.05) is 19.9 Å². The van der Waals surface area contributed by atoms with Crippen LogP contribution in [-0.4, -0.2) is 47.7 Å². The van der Waals surface area contributed by atoms with E-state index in [4.69, 9.17) is 4.74 Å². The number of hydrogen-bond donors (Lipinski definition) is 1. The molecule has 0 bridgehead atoms. The topological polar surface area (TPSA) is 88.1 Å². The van der Waals surface area contributed by atoms with Gasteiger partial charge < -0.3 is 10.1 Å². The van der Waals surface area contributed by atoms with Gasteiger partial charge >= 0.3 is 5.97 Å². The lowest BCUT2D eigenvalue weighted by Gasteiger charge is -2.35. The number of hydrazone groups is 1. The Bertz CT molecular complexity index is 495. The van der Waals surface area contributed by atoms with Crippen LogP contribution in [0.1, 0.15) is 51.9 Å². The van der Waals surface area contributed by atoms with Crippen molar-refractivity contribution in [3.8, 4) is 0 Å². The Hall–Kier alpha value is -1.92. The highest BCUT2D eigenvalue weighted by molar-refractivity contribution is 6.40. The maximum atomic E-state index is 12.4. The highest BCUT2D eigenvalue weighted by atomic mass is 16.5. The van der Waals surface area contributed by atoms with Crippen molar-refractivity contribution in [2.75, 3.05) is 13.7 Å². The fourth-order valence-electron chi connectivity index (χ4n) is 2.93. The van der Waals surface area contributed by atoms with E-state index in [1.54, 1.807) is 6.92 Å². The Morgan fingerprint density at radius 1 is 1.27 bits per heavy atom. The fraction of sp³-hybridized carbons (Fsp3) is 0.733. The van der Waals surface area contributed by atoms with Crippen LogP contribution in [0, 0.1) is 0 Å². The second-order valence-corrected chi connectivity index (χ2v) is 5.78. The first-order chi connectivity index (χ1) is 10.5. The summed E-state index contributed by atoms with van der Waals surface area (Å²) in [5.74, 6) is -0.868. The van der Waals surface area contributed by atoms with E-state index in [-0.39, 0.29) is 36.5 Å². The Kier molecular flexibility index (Phi) is 5.15. The van der Waals surface area contributed by atoms with Crippen molar-refractivity contribution in [2.24, 2.45) is 5.10 Å². The first-order valence-electron chi connectivity index (χ1n) is 7.82. The second kappa shape index (κ2) is 6.89. The average Bonchev–Trinajstić information content (AvgIpc) is 2.51. The van der Waals surface area contributed by atoms with E-state index in [1.165, 1.54) is 12.1 Å². The van der Waals surface area contributed by atoms with Crippen LogP contribution in [0.15, 0.2) is 5.10 Å². The molecule has 0 spiro atoms. The van der Waals surface area contributed by atoms with Gasteiger partial charge in [0.05, 0.1) is 6.61 Å². The molecule has 7 heteroatoms. The summed E-state index contributed by atoms with van der Waals surface area (Å²) >= 11 is 0. The van der Waals surface area contributed by atoms with E-state index in [0.29, 0.717) is 19.3 Å². The molecule has 0 aromatic rings. The molecule has 1 aliphatic heterocycles. The molecule has 1 aliphatic carbocycles. The van der Waals surface area contributed by atoms with Crippen LogP contribution in [0.25, 0.3) is 0 Å². The molecule has 1 heterocycles. The maximum absolute atomic E-state index is 12.4. The number of carbonyl (C=O) groups is 3. The van der Waals surface area contributed by atoms with Crippen molar-refractivity contribution in [1.29, 1.82) is 0 Å². The molecule has 122 valence electrons. The summed E-state index contributed by atoms with van der Waals surface area (Å²) in [6, 6.07) is 0. The molecule has 2 aliphatic rings. The van der Waals surface area contributed by atoms with Crippen molar-refractivity contribution in [3.63, 3.8) is 0 Å². The Balaban J connectivity index is 2.13. The van der Waals surface area contributed by atoms with Crippen LogP contribution in [0.4, 0.5) is 0 Å². The number of ether oxygens (including phenoxy) is 1. The lowest BCUT2D eigenvalue weighted by Crippen LogP contribution is -2.58. The highest BCUT2D eigenvalue weighted by Gasteiger charge is 2.43. The zero-order valence-electron chi connectivity index (χ0n) is 13.2. The lowest BCUT2D eigenvalue weighted by molar-refractivity contribution is -0.154. The van der Waals surface area contributed by atoms with Crippen molar-refractivity contribution in [1.82, 2.24) is 10.3 Å². The quantitative estimate of drug-likeness (QED) is 0.784. The maximum Gasteiger partial charge on any atom is 0.331 e. The SMILES string of the molecule is CCOC(=O)C1(NC(=O)C2=NN(C)C(=O)CC2)CCCCC1. The first-order valence-corrected chi connectivity index (χ1v) is 7.82. The van der Waals surface area contributed by atoms with Gasteiger partial charge in [0.15, 0.2) is 0 Å². The van der Waals surface area contributed by atoms with Crippen molar-refractivity contribution in [3.05, 3.63) is 0 Å². The summed E-state index contributed by atoms with van der Waals surface area (Å²) in [5.41, 5.74) is -0.662. The molecule has 1 fully saturated rings. The summed E-state index contributed by atoms with van der Waals surface area (Å²) < 4.78 is 5.15. The number of rotatable bonds is 4. The standard InChI is InChI=1S/C15H23N3O4/c1-3-22-14(21)15(9-5-4-6-10-15)16-13(20)11-7-8-12(19)18(2)17-11/h3-10H2,1-2H3,(H,16,20). The third-order valence-corrected chi connectivity index (χ3v) is 4.20. The summed E-state index contributed by atoms with van der Waals surface area (Å²) in [4.78, 5) is 36.2. The molecule has 1 N–H and O–H groups in total. The Labute approximate surface area is 130 Å². The van der Waals surface area contributed by atoms with Gasteiger partial charge in [0.25, 0.3) is 5.91 Å². The smallest absolute Gasteiger partial charge is 0.331 e. The zero-order valence-corrected chi connectivity index (χ0v) is 13.2. The number of amides is 2. The first kappa shape index (κ1) is 16.5. The molecule has 0 aromatic carbocycles. The van der Waals surface area contributed by atoms with E-state index >= 15 is 0 Å². The molecule has 0 atom stereocenters. The molecule has 1 saturated carbocycles. The summed E-state index contributed by atoms with van der Waals surface area (Å²) in [6.07, 6.45) is 4.53. The Morgan fingerprint density at radius 2 is 1.95 bits per heavy atom. The number of nitrogens with one attached hydrogen (secondary N) is 1. The molecule has 0 aromatic heterocycles. The minimum Gasteiger partial charge on any atom is -0.464 e. The van der Waals surface area contributed by atoms with Gasteiger partial charge in [0.2, 0.25) is 5.91 Å². The number of hydrogen-bond acceptors (Lipinski definition) is 5. The van der Waals surface area contributed by atoms with Gasteiger partial charge in [-0.2, -0.15) is 5.10 Å². The van der Waals surface area contributed by atoms with E-state index in [1.807, 2.05) is 0 Å². The molecule has 22 heavy (non-hydrogen) atoms. The predicted molar refractivity (Wildman–Crippen MR) is 80.0 cm³/mol. The highest BCUT2D eigenvalue weighted by Crippen LogP contribution is 2.29.